The van der Waals surface area contributed by atoms with E-state index in [1.165, 1.54) is 44.1 Å². The Labute approximate surface area is 373 Å². The van der Waals surface area contributed by atoms with Crippen molar-refractivity contribution in [2.24, 2.45) is 0 Å². The third-order valence-electron chi connectivity index (χ3n) is 13.2. The van der Waals surface area contributed by atoms with Gasteiger partial charge in [0.05, 0.1) is 39.5 Å². The van der Waals surface area contributed by atoms with Gasteiger partial charge in [-0.25, -0.2) is 9.97 Å². The molecule has 0 saturated carbocycles. The summed E-state index contributed by atoms with van der Waals surface area (Å²) < 4.78 is 2.54. The summed E-state index contributed by atoms with van der Waals surface area (Å²) in [5, 5.41) is 2.48. The first-order valence-corrected chi connectivity index (χ1v) is 22.1. The molecule has 0 radical (unpaired) electrons. The number of fused-ring (bicyclic) bond motifs is 7. The second kappa shape index (κ2) is 15.0. The molecule has 8 aromatic carbocycles. The average Bonchev–Trinajstić information content (AvgIpc) is 3.82. The molecule has 0 unspecified atom stereocenters. The molecule has 0 aliphatic heterocycles. The molecule has 0 saturated heterocycles. The van der Waals surface area contributed by atoms with Crippen LogP contribution < -0.4 is 0 Å². The minimum Gasteiger partial charge on any atom is -0.308 e. The highest BCUT2D eigenvalue weighted by molar-refractivity contribution is 6.16. The van der Waals surface area contributed by atoms with Gasteiger partial charge in [-0.3, -0.25) is 0 Å². The van der Waals surface area contributed by atoms with E-state index in [1.54, 1.807) is 0 Å². The monoisotopic (exact) mass is 817 g/mol. The summed E-state index contributed by atoms with van der Waals surface area (Å²) in [4.78, 5) is 10.6. The van der Waals surface area contributed by atoms with E-state index in [0.29, 0.717) is 0 Å². The number of nitrogens with zero attached hydrogens (tertiary/aromatic N) is 3. The van der Waals surface area contributed by atoms with Gasteiger partial charge in [-0.2, -0.15) is 0 Å². The van der Waals surface area contributed by atoms with Crippen LogP contribution in [0.3, 0.4) is 0 Å². The molecule has 3 nitrogen and oxygen atoms in total. The van der Waals surface area contributed by atoms with Crippen LogP contribution in [-0.2, 0) is 5.41 Å². The maximum atomic E-state index is 5.34. The molecule has 0 atom stereocenters. The van der Waals surface area contributed by atoms with Gasteiger partial charge in [0.25, 0.3) is 0 Å². The van der Waals surface area contributed by atoms with Gasteiger partial charge in [-0.1, -0.05) is 196 Å². The van der Waals surface area contributed by atoms with Crippen LogP contribution in [0, 0.1) is 0 Å². The maximum absolute atomic E-state index is 5.34. The normalized spacial score (nSPS) is 12.7. The van der Waals surface area contributed by atoms with E-state index in [-0.39, 0.29) is 5.41 Å². The highest BCUT2D eigenvalue weighted by atomic mass is 15.0. The fraction of sp³-hybridized carbons (Fsp3) is 0.0492. The summed E-state index contributed by atoms with van der Waals surface area (Å²) in [6.07, 6.45) is 0. The number of pyridine rings is 2. The fourth-order valence-corrected chi connectivity index (χ4v) is 10.0. The number of benzene rings is 8. The van der Waals surface area contributed by atoms with Crippen LogP contribution in [-0.4, -0.2) is 14.5 Å². The van der Waals surface area contributed by atoms with Gasteiger partial charge in [-0.15, -0.1) is 0 Å². The van der Waals surface area contributed by atoms with Gasteiger partial charge in [-0.05, 0) is 75.8 Å². The van der Waals surface area contributed by atoms with Crippen molar-refractivity contribution >= 4 is 21.8 Å². The second-order valence-corrected chi connectivity index (χ2v) is 17.4. The van der Waals surface area contributed by atoms with Crippen molar-refractivity contribution in [1.82, 2.24) is 14.5 Å². The lowest BCUT2D eigenvalue weighted by atomic mass is 9.82. The smallest absolute Gasteiger partial charge is 0.0715 e. The first kappa shape index (κ1) is 37.6. The molecular formula is C61H43N3. The van der Waals surface area contributed by atoms with Crippen LogP contribution in [0.1, 0.15) is 25.0 Å². The molecule has 302 valence electrons. The zero-order valence-corrected chi connectivity index (χ0v) is 35.7. The summed E-state index contributed by atoms with van der Waals surface area (Å²) in [7, 11) is 0. The van der Waals surface area contributed by atoms with Gasteiger partial charge in [0.1, 0.15) is 0 Å². The molecule has 1 aliphatic rings. The first-order valence-electron chi connectivity index (χ1n) is 22.1. The molecule has 3 heteroatoms. The Balaban J connectivity index is 1.19. The second-order valence-electron chi connectivity index (χ2n) is 17.4. The first-order chi connectivity index (χ1) is 31.5. The third-order valence-corrected chi connectivity index (χ3v) is 13.2. The SMILES string of the molecule is CC1(C)c2ccccc2-c2c1ccc1c3ccccc3n(-c3ccc(-c4cc(-c5ccccc5)nc(-c5ccccc5)c4)cc3-c3cc(-c4ccccc4)nc(-c4ccccc4)c3)c21. The van der Waals surface area contributed by atoms with E-state index < -0.39 is 0 Å². The number of para-hydroxylation sites is 1. The summed E-state index contributed by atoms with van der Waals surface area (Å²) in [5.41, 5.74) is 21.1. The summed E-state index contributed by atoms with van der Waals surface area (Å²) in [5.74, 6) is 0. The molecule has 0 bridgehead atoms. The van der Waals surface area contributed by atoms with E-state index in [1.807, 2.05) is 0 Å². The Kier molecular flexibility index (Phi) is 8.84. The Bertz CT molecular complexity index is 3440. The summed E-state index contributed by atoms with van der Waals surface area (Å²) in [6.45, 7) is 4.73. The molecule has 0 amide bonds. The van der Waals surface area contributed by atoms with Crippen LogP contribution in [0.15, 0.2) is 224 Å². The Hall–Kier alpha value is -8.14. The molecule has 11 aromatic rings. The van der Waals surface area contributed by atoms with Crippen molar-refractivity contribution in [3.63, 3.8) is 0 Å². The minimum atomic E-state index is -0.150. The lowest BCUT2D eigenvalue weighted by Gasteiger charge is -2.22. The van der Waals surface area contributed by atoms with Gasteiger partial charge < -0.3 is 4.57 Å². The highest BCUT2D eigenvalue weighted by Gasteiger charge is 2.37. The lowest BCUT2D eigenvalue weighted by molar-refractivity contribution is 0.661. The van der Waals surface area contributed by atoms with Gasteiger partial charge >= 0.3 is 0 Å². The largest absolute Gasteiger partial charge is 0.308 e. The molecule has 0 N–H and O–H groups in total. The van der Waals surface area contributed by atoms with Crippen molar-refractivity contribution in [3.05, 3.63) is 236 Å². The number of hydrogen-bond acceptors (Lipinski definition) is 2. The molecule has 12 rings (SSSR count). The van der Waals surface area contributed by atoms with Crippen LogP contribution in [0.25, 0.3) is 106 Å². The zero-order chi connectivity index (χ0) is 42.8. The fourth-order valence-electron chi connectivity index (χ4n) is 10.0. The van der Waals surface area contributed by atoms with Gasteiger partial charge in [0, 0.05) is 49.6 Å². The number of hydrogen-bond donors (Lipinski definition) is 0. The number of aromatic nitrogens is 3. The van der Waals surface area contributed by atoms with E-state index in [9.17, 15) is 0 Å². The zero-order valence-electron chi connectivity index (χ0n) is 35.7. The predicted molar refractivity (Wildman–Crippen MR) is 267 cm³/mol. The van der Waals surface area contributed by atoms with E-state index in [4.69, 9.17) is 9.97 Å². The van der Waals surface area contributed by atoms with E-state index in [2.05, 4.69) is 243 Å². The van der Waals surface area contributed by atoms with Crippen molar-refractivity contribution < 1.29 is 0 Å². The average molecular weight is 818 g/mol. The summed E-state index contributed by atoms with van der Waals surface area (Å²) in [6, 6.07) is 80.8. The van der Waals surface area contributed by atoms with Gasteiger partial charge in [0.15, 0.2) is 0 Å². The number of rotatable bonds is 7. The van der Waals surface area contributed by atoms with Crippen LogP contribution in [0.2, 0.25) is 0 Å². The molecule has 0 spiro atoms. The molecule has 1 aliphatic carbocycles. The lowest BCUT2D eigenvalue weighted by Crippen LogP contribution is -2.14. The topological polar surface area (TPSA) is 30.7 Å². The van der Waals surface area contributed by atoms with Crippen molar-refractivity contribution in [3.8, 4) is 84.1 Å². The van der Waals surface area contributed by atoms with Crippen LogP contribution in [0.5, 0.6) is 0 Å². The minimum absolute atomic E-state index is 0.150. The molecule has 0 fully saturated rings. The predicted octanol–water partition coefficient (Wildman–Crippen LogP) is 15.9. The van der Waals surface area contributed by atoms with Gasteiger partial charge in [0.2, 0.25) is 0 Å². The van der Waals surface area contributed by atoms with Crippen molar-refractivity contribution in [1.29, 1.82) is 0 Å². The third kappa shape index (κ3) is 6.20. The van der Waals surface area contributed by atoms with E-state index in [0.717, 1.165) is 73.0 Å². The molecule has 64 heavy (non-hydrogen) atoms. The Morgan fingerprint density at radius 1 is 0.344 bits per heavy atom. The van der Waals surface area contributed by atoms with Crippen LogP contribution >= 0.6 is 0 Å². The van der Waals surface area contributed by atoms with Crippen LogP contribution in [0.4, 0.5) is 0 Å². The Morgan fingerprint density at radius 2 is 0.828 bits per heavy atom. The maximum Gasteiger partial charge on any atom is 0.0715 e. The van der Waals surface area contributed by atoms with Crippen molar-refractivity contribution in [2.45, 2.75) is 19.3 Å². The Morgan fingerprint density at radius 3 is 1.39 bits per heavy atom. The molecule has 3 aromatic heterocycles. The molecule has 3 heterocycles. The molecular weight excluding hydrogens is 775 g/mol. The van der Waals surface area contributed by atoms with E-state index >= 15 is 0 Å². The standard InChI is InChI=1S/C61H43N3/c1-61(2)51-29-17-15-28-49(51)59-52(61)33-32-48-47-27-16-18-30-57(47)64(60(48)59)58-34-31-44(45-36-53(40-19-7-3-8-20-40)62-54(37-45)41-21-9-4-10-22-41)35-50(58)46-38-55(42-23-11-5-12-24-42)63-56(39-46)43-25-13-6-14-26-43/h3-39H,1-2H3. The quantitative estimate of drug-likeness (QED) is 0.160. The van der Waals surface area contributed by atoms with Crippen molar-refractivity contribution in [2.75, 3.05) is 0 Å². The highest BCUT2D eigenvalue weighted by Crippen LogP contribution is 2.53. The summed E-state index contributed by atoms with van der Waals surface area (Å²) >= 11 is 0.